The Morgan fingerprint density at radius 2 is 1.70 bits per heavy atom. The van der Waals surface area contributed by atoms with Gasteiger partial charge in [0.15, 0.2) is 0 Å². The smallest absolute Gasteiger partial charge is 0.271 e. The number of amides is 1. The maximum absolute atomic E-state index is 13.2. The molecule has 3 rings (SSSR count). The fourth-order valence-corrected chi connectivity index (χ4v) is 4.42. The first-order chi connectivity index (χ1) is 15.6. The van der Waals surface area contributed by atoms with Crippen molar-refractivity contribution in [2.75, 3.05) is 10.8 Å². The van der Waals surface area contributed by atoms with Crippen LogP contribution in [0.3, 0.4) is 0 Å². The minimum Gasteiger partial charge on any atom is -0.271 e. The highest BCUT2D eigenvalue weighted by Gasteiger charge is 2.30. The number of hydrogen-bond donors (Lipinski definition) is 1. The number of sulfonamides is 1. The van der Waals surface area contributed by atoms with E-state index < -0.39 is 34.2 Å². The number of nitrogens with one attached hydrogen (secondary N) is 1. The Morgan fingerprint density at radius 1 is 1.00 bits per heavy atom. The number of carbonyl (C=O) groups is 1. The van der Waals surface area contributed by atoms with E-state index in [0.29, 0.717) is 0 Å². The first kappa shape index (κ1) is 24.3. The van der Waals surface area contributed by atoms with Gasteiger partial charge < -0.3 is 0 Å². The van der Waals surface area contributed by atoms with E-state index in [1.807, 2.05) is 0 Å². The van der Waals surface area contributed by atoms with Gasteiger partial charge in [0.1, 0.15) is 6.54 Å². The SMILES string of the molecule is O=C(CN(c1cccc(Cl)c1)S(=O)(=O)c1ccccc1)N/N=C\c1cccc(C(F)(F)F)c1. The van der Waals surface area contributed by atoms with Crippen molar-refractivity contribution in [1.82, 2.24) is 5.43 Å². The number of anilines is 1. The van der Waals surface area contributed by atoms with E-state index in [1.54, 1.807) is 24.3 Å². The molecule has 1 amide bonds. The molecule has 0 fully saturated rings. The summed E-state index contributed by atoms with van der Waals surface area (Å²) in [5, 5.41) is 3.91. The Labute approximate surface area is 193 Å². The van der Waals surface area contributed by atoms with Gasteiger partial charge in [-0.25, -0.2) is 13.8 Å². The summed E-state index contributed by atoms with van der Waals surface area (Å²) in [6.07, 6.45) is -3.49. The number of halogens is 4. The fourth-order valence-electron chi connectivity index (χ4n) is 2.81. The molecule has 0 heterocycles. The number of alkyl halides is 3. The van der Waals surface area contributed by atoms with Crippen LogP contribution in [0.15, 0.2) is 88.9 Å². The van der Waals surface area contributed by atoms with E-state index in [9.17, 15) is 26.4 Å². The van der Waals surface area contributed by atoms with Gasteiger partial charge in [0.2, 0.25) is 0 Å². The molecule has 0 radical (unpaired) electrons. The average Bonchev–Trinajstić information content (AvgIpc) is 2.77. The van der Waals surface area contributed by atoms with E-state index >= 15 is 0 Å². The third-order valence-electron chi connectivity index (χ3n) is 4.33. The van der Waals surface area contributed by atoms with Crippen molar-refractivity contribution < 1.29 is 26.4 Å². The quantitative estimate of drug-likeness (QED) is 0.381. The maximum atomic E-state index is 13.2. The van der Waals surface area contributed by atoms with E-state index in [-0.39, 0.29) is 21.2 Å². The molecular formula is C22H17ClF3N3O3S. The molecule has 0 aliphatic rings. The molecule has 172 valence electrons. The molecule has 0 aliphatic carbocycles. The van der Waals surface area contributed by atoms with E-state index in [0.717, 1.165) is 22.7 Å². The Balaban J connectivity index is 1.81. The predicted octanol–water partition coefficient (Wildman–Crippen LogP) is 4.70. The largest absolute Gasteiger partial charge is 0.416 e. The van der Waals surface area contributed by atoms with Crippen LogP contribution in [-0.4, -0.2) is 27.1 Å². The first-order valence-electron chi connectivity index (χ1n) is 9.40. The lowest BCUT2D eigenvalue weighted by atomic mass is 10.1. The molecule has 3 aromatic carbocycles. The molecule has 33 heavy (non-hydrogen) atoms. The van der Waals surface area contributed by atoms with Crippen LogP contribution in [0.2, 0.25) is 5.02 Å². The molecule has 3 aromatic rings. The van der Waals surface area contributed by atoms with Gasteiger partial charge in [-0.1, -0.05) is 48.0 Å². The number of carbonyl (C=O) groups excluding carboxylic acids is 1. The zero-order valence-electron chi connectivity index (χ0n) is 16.8. The van der Waals surface area contributed by atoms with Gasteiger partial charge in [0, 0.05) is 5.02 Å². The third kappa shape index (κ3) is 6.33. The Kier molecular flexibility index (Phi) is 7.39. The number of nitrogens with zero attached hydrogens (tertiary/aromatic N) is 2. The average molecular weight is 496 g/mol. The second-order valence-corrected chi connectivity index (χ2v) is 9.02. The van der Waals surface area contributed by atoms with Gasteiger partial charge in [-0.3, -0.25) is 9.10 Å². The Hall–Kier alpha value is -3.37. The normalized spacial score (nSPS) is 12.0. The summed E-state index contributed by atoms with van der Waals surface area (Å²) in [6, 6.07) is 17.8. The molecule has 0 unspecified atom stereocenters. The lowest BCUT2D eigenvalue weighted by Crippen LogP contribution is -2.39. The van der Waals surface area contributed by atoms with Crippen LogP contribution in [0.1, 0.15) is 11.1 Å². The summed E-state index contributed by atoms with van der Waals surface area (Å²) in [6.45, 7) is -0.641. The Morgan fingerprint density at radius 3 is 2.36 bits per heavy atom. The minimum atomic E-state index is -4.52. The van der Waals surface area contributed by atoms with Crippen molar-refractivity contribution in [2.24, 2.45) is 5.10 Å². The zero-order valence-corrected chi connectivity index (χ0v) is 18.4. The fraction of sp³-hybridized carbons (Fsp3) is 0.0909. The van der Waals surface area contributed by atoms with Crippen LogP contribution in [0.25, 0.3) is 0 Å². The van der Waals surface area contributed by atoms with Crippen molar-refractivity contribution in [3.8, 4) is 0 Å². The molecular weight excluding hydrogens is 479 g/mol. The maximum Gasteiger partial charge on any atom is 0.416 e. The summed E-state index contributed by atoms with van der Waals surface area (Å²) in [5.74, 6) is -0.808. The van der Waals surface area contributed by atoms with Crippen LogP contribution in [0, 0.1) is 0 Å². The molecule has 11 heteroatoms. The topological polar surface area (TPSA) is 78.8 Å². The summed E-state index contributed by atoms with van der Waals surface area (Å²) >= 11 is 5.99. The minimum absolute atomic E-state index is 0.0368. The van der Waals surface area contributed by atoms with Crippen LogP contribution in [0.5, 0.6) is 0 Å². The van der Waals surface area contributed by atoms with Crippen LogP contribution in [-0.2, 0) is 21.0 Å². The van der Waals surface area contributed by atoms with Crippen molar-refractivity contribution in [2.45, 2.75) is 11.1 Å². The summed E-state index contributed by atoms with van der Waals surface area (Å²) in [5.41, 5.74) is 1.54. The first-order valence-corrected chi connectivity index (χ1v) is 11.2. The van der Waals surface area contributed by atoms with Gasteiger partial charge >= 0.3 is 6.18 Å². The molecule has 0 aromatic heterocycles. The van der Waals surface area contributed by atoms with Crippen molar-refractivity contribution >= 4 is 39.4 Å². The number of benzene rings is 3. The lowest BCUT2D eigenvalue weighted by molar-refractivity contribution is -0.137. The predicted molar refractivity (Wildman–Crippen MR) is 120 cm³/mol. The summed E-state index contributed by atoms with van der Waals surface area (Å²) < 4.78 is 65.6. The monoisotopic (exact) mass is 495 g/mol. The number of rotatable bonds is 7. The third-order valence-corrected chi connectivity index (χ3v) is 6.35. The molecule has 0 spiro atoms. The van der Waals surface area contributed by atoms with Gasteiger partial charge in [-0.05, 0) is 48.0 Å². The van der Waals surface area contributed by atoms with E-state index in [1.165, 1.54) is 42.5 Å². The summed E-state index contributed by atoms with van der Waals surface area (Å²) in [7, 11) is -4.13. The second-order valence-electron chi connectivity index (χ2n) is 6.72. The highest BCUT2D eigenvalue weighted by molar-refractivity contribution is 7.92. The zero-order chi connectivity index (χ0) is 24.1. The molecule has 0 saturated carbocycles. The van der Waals surface area contributed by atoms with Gasteiger partial charge in [0.25, 0.3) is 15.9 Å². The highest BCUT2D eigenvalue weighted by Crippen LogP contribution is 2.29. The molecule has 0 saturated heterocycles. The standard InChI is InChI=1S/C22H17ClF3N3O3S/c23-18-8-5-9-19(13-18)29(33(31,32)20-10-2-1-3-11-20)15-21(30)28-27-14-16-6-4-7-17(12-16)22(24,25)26/h1-14H,15H2,(H,28,30)/b27-14-. The van der Waals surface area contributed by atoms with Crippen LogP contribution >= 0.6 is 11.6 Å². The number of hydrazone groups is 1. The van der Waals surface area contributed by atoms with E-state index in [2.05, 4.69) is 10.5 Å². The van der Waals surface area contributed by atoms with Crippen molar-refractivity contribution in [3.05, 3.63) is 95.0 Å². The van der Waals surface area contributed by atoms with Crippen molar-refractivity contribution in [1.29, 1.82) is 0 Å². The Bertz CT molecular complexity index is 1270. The second kappa shape index (κ2) is 10.1. The molecule has 0 atom stereocenters. The van der Waals surface area contributed by atoms with Gasteiger partial charge in [-0.2, -0.15) is 18.3 Å². The molecule has 6 nitrogen and oxygen atoms in total. The van der Waals surface area contributed by atoms with Crippen LogP contribution < -0.4 is 9.73 Å². The molecule has 1 N–H and O–H groups in total. The molecule has 0 aliphatic heterocycles. The van der Waals surface area contributed by atoms with Gasteiger partial charge in [0.05, 0.1) is 22.4 Å². The highest BCUT2D eigenvalue weighted by atomic mass is 35.5. The van der Waals surface area contributed by atoms with Crippen LogP contribution in [0.4, 0.5) is 18.9 Å². The summed E-state index contributed by atoms with van der Waals surface area (Å²) in [4.78, 5) is 12.4. The van der Waals surface area contributed by atoms with Gasteiger partial charge in [-0.15, -0.1) is 0 Å². The lowest BCUT2D eigenvalue weighted by Gasteiger charge is -2.23. The van der Waals surface area contributed by atoms with Crippen molar-refractivity contribution in [3.63, 3.8) is 0 Å². The molecule has 0 bridgehead atoms. The van der Waals surface area contributed by atoms with E-state index in [4.69, 9.17) is 11.6 Å². The number of hydrogen-bond acceptors (Lipinski definition) is 4.